The van der Waals surface area contributed by atoms with Crippen molar-refractivity contribution in [2.24, 2.45) is 0 Å². The lowest BCUT2D eigenvalue weighted by atomic mass is 9.97. The van der Waals surface area contributed by atoms with Crippen molar-refractivity contribution in [3.63, 3.8) is 0 Å². The Bertz CT molecular complexity index is 1370. The van der Waals surface area contributed by atoms with E-state index in [1.165, 1.54) is 0 Å². The van der Waals surface area contributed by atoms with Crippen LogP contribution < -0.4 is 0 Å². The van der Waals surface area contributed by atoms with E-state index >= 15 is 0 Å². The highest BCUT2D eigenvalue weighted by molar-refractivity contribution is 9.10. The molecule has 1 fully saturated rings. The number of rotatable bonds is 14. The lowest BCUT2D eigenvalue weighted by Gasteiger charge is -2.45. The van der Waals surface area contributed by atoms with Crippen molar-refractivity contribution < 1.29 is 28.4 Å². The zero-order chi connectivity index (χ0) is 29.9. The molecule has 5 atom stereocenters. The Kier molecular flexibility index (Phi) is 12.4. The van der Waals surface area contributed by atoms with Crippen molar-refractivity contribution in [2.45, 2.75) is 57.1 Å². The van der Waals surface area contributed by atoms with Crippen LogP contribution in [0.2, 0.25) is 0 Å². The molecule has 0 saturated carbocycles. The van der Waals surface area contributed by atoms with Crippen LogP contribution in [0.4, 0.5) is 0 Å². The highest BCUT2D eigenvalue weighted by atomic mass is 79.9. The van der Waals surface area contributed by atoms with Gasteiger partial charge in [-0.05, 0) is 40.5 Å². The summed E-state index contributed by atoms with van der Waals surface area (Å²) >= 11 is 7.13. The molecule has 43 heavy (non-hydrogen) atoms. The van der Waals surface area contributed by atoms with Gasteiger partial charge >= 0.3 is 0 Å². The van der Waals surface area contributed by atoms with Crippen molar-refractivity contribution >= 4 is 31.9 Å². The fourth-order valence-electron chi connectivity index (χ4n) is 4.98. The number of hydrogen-bond donors (Lipinski definition) is 0. The molecule has 5 rings (SSSR count). The zero-order valence-corrected chi connectivity index (χ0v) is 27.2. The third-order valence-electron chi connectivity index (χ3n) is 7.25. The maximum absolute atomic E-state index is 6.66. The summed E-state index contributed by atoms with van der Waals surface area (Å²) in [6.45, 7) is 1.84. The van der Waals surface area contributed by atoms with Crippen molar-refractivity contribution in [2.75, 3.05) is 13.7 Å². The van der Waals surface area contributed by atoms with Gasteiger partial charge in [-0.25, -0.2) is 0 Å². The summed E-state index contributed by atoms with van der Waals surface area (Å²) in [6.07, 6.45) is -2.73. The topological polar surface area (TPSA) is 55.4 Å². The Hall–Kier alpha value is -2.40. The second-order valence-electron chi connectivity index (χ2n) is 10.3. The maximum Gasteiger partial charge on any atom is 0.186 e. The molecule has 0 N–H and O–H groups in total. The molecule has 0 bridgehead atoms. The molecule has 0 aliphatic carbocycles. The van der Waals surface area contributed by atoms with Crippen molar-refractivity contribution in [3.8, 4) is 0 Å². The van der Waals surface area contributed by atoms with E-state index in [1.54, 1.807) is 7.11 Å². The average Bonchev–Trinajstić information content (AvgIpc) is 3.04. The van der Waals surface area contributed by atoms with Crippen molar-refractivity contribution in [1.82, 2.24) is 0 Å². The van der Waals surface area contributed by atoms with Gasteiger partial charge in [0.15, 0.2) is 6.29 Å². The van der Waals surface area contributed by atoms with Gasteiger partial charge in [0.25, 0.3) is 0 Å². The minimum absolute atomic E-state index is 0.289. The lowest BCUT2D eigenvalue weighted by Crippen LogP contribution is -2.61. The van der Waals surface area contributed by atoms with Gasteiger partial charge in [-0.1, -0.05) is 123 Å². The highest BCUT2D eigenvalue weighted by Gasteiger charge is 2.48. The van der Waals surface area contributed by atoms with Gasteiger partial charge in [0.1, 0.15) is 24.4 Å². The van der Waals surface area contributed by atoms with Crippen molar-refractivity contribution in [3.05, 3.63) is 140 Å². The Morgan fingerprint density at radius 3 is 1.77 bits per heavy atom. The van der Waals surface area contributed by atoms with Gasteiger partial charge in [-0.15, -0.1) is 0 Å². The van der Waals surface area contributed by atoms with Gasteiger partial charge in [0.05, 0.1) is 33.0 Å². The van der Waals surface area contributed by atoms with Crippen molar-refractivity contribution in [1.29, 1.82) is 0 Å². The molecule has 4 aromatic carbocycles. The molecule has 1 aliphatic heterocycles. The SMILES string of the molecule is CO[C@@H]1O[C@H](COCc2ccc(Br)cc2)[C@@H](OCc2ccccc2)[C@H](OCc2ccccc2)[C@H]1OCc1ccccc1Br. The van der Waals surface area contributed by atoms with Crippen LogP contribution in [0.1, 0.15) is 22.3 Å². The summed E-state index contributed by atoms with van der Waals surface area (Å²) in [6, 6.07) is 36.2. The molecule has 1 saturated heterocycles. The van der Waals surface area contributed by atoms with E-state index in [9.17, 15) is 0 Å². The molecule has 0 unspecified atom stereocenters. The van der Waals surface area contributed by atoms with Crippen LogP contribution in [0.5, 0.6) is 0 Å². The van der Waals surface area contributed by atoms with Gasteiger partial charge in [0, 0.05) is 16.1 Å². The molecular formula is C35H36Br2O6. The van der Waals surface area contributed by atoms with Gasteiger partial charge in [0.2, 0.25) is 0 Å². The van der Waals surface area contributed by atoms with E-state index in [2.05, 4.69) is 31.9 Å². The number of methoxy groups -OCH3 is 1. The Morgan fingerprint density at radius 2 is 1.14 bits per heavy atom. The molecular weight excluding hydrogens is 676 g/mol. The third-order valence-corrected chi connectivity index (χ3v) is 8.55. The predicted molar refractivity (Wildman–Crippen MR) is 172 cm³/mol. The normalized spacial score (nSPS) is 22.0. The van der Waals surface area contributed by atoms with Gasteiger partial charge in [-0.3, -0.25) is 0 Å². The molecule has 4 aromatic rings. The third kappa shape index (κ3) is 9.30. The summed E-state index contributed by atoms with van der Waals surface area (Å²) in [5.41, 5.74) is 4.19. The minimum atomic E-state index is -0.693. The quantitative estimate of drug-likeness (QED) is 0.133. The van der Waals surface area contributed by atoms with E-state index in [0.717, 1.165) is 31.2 Å². The smallest absolute Gasteiger partial charge is 0.186 e. The van der Waals surface area contributed by atoms with E-state index in [1.807, 2.05) is 109 Å². The molecule has 1 heterocycles. The van der Waals surface area contributed by atoms with Crippen LogP contribution >= 0.6 is 31.9 Å². The summed E-state index contributed by atoms with van der Waals surface area (Å²) in [5.74, 6) is 0. The van der Waals surface area contributed by atoms with E-state index in [0.29, 0.717) is 26.4 Å². The number of benzene rings is 4. The van der Waals surface area contributed by atoms with Crippen LogP contribution in [-0.2, 0) is 54.8 Å². The molecule has 6 nitrogen and oxygen atoms in total. The molecule has 226 valence electrons. The number of ether oxygens (including phenoxy) is 6. The first-order valence-electron chi connectivity index (χ1n) is 14.3. The van der Waals surface area contributed by atoms with Crippen LogP contribution in [-0.4, -0.2) is 44.4 Å². The first-order valence-corrected chi connectivity index (χ1v) is 15.9. The van der Waals surface area contributed by atoms with Crippen LogP contribution in [0.3, 0.4) is 0 Å². The first-order chi connectivity index (χ1) is 21.1. The summed E-state index contributed by atoms with van der Waals surface area (Å²) in [5, 5.41) is 0. The highest BCUT2D eigenvalue weighted by Crippen LogP contribution is 2.32. The molecule has 8 heteroatoms. The summed E-state index contributed by atoms with van der Waals surface area (Å²) < 4.78 is 40.4. The van der Waals surface area contributed by atoms with Crippen LogP contribution in [0.15, 0.2) is 118 Å². The van der Waals surface area contributed by atoms with Gasteiger partial charge < -0.3 is 28.4 Å². The minimum Gasteiger partial charge on any atom is -0.374 e. The Balaban J connectivity index is 1.39. The average molecular weight is 712 g/mol. The second kappa shape index (κ2) is 16.6. The monoisotopic (exact) mass is 710 g/mol. The molecule has 0 amide bonds. The largest absolute Gasteiger partial charge is 0.374 e. The van der Waals surface area contributed by atoms with E-state index in [4.69, 9.17) is 28.4 Å². The Morgan fingerprint density at radius 1 is 0.581 bits per heavy atom. The predicted octanol–water partition coefficient (Wildman–Crippen LogP) is 7.86. The van der Waals surface area contributed by atoms with E-state index in [-0.39, 0.29) is 6.61 Å². The van der Waals surface area contributed by atoms with Crippen LogP contribution in [0.25, 0.3) is 0 Å². The zero-order valence-electron chi connectivity index (χ0n) is 24.0. The summed E-state index contributed by atoms with van der Waals surface area (Å²) in [7, 11) is 1.62. The first kappa shape index (κ1) is 32.0. The fraction of sp³-hybridized carbons (Fsp3) is 0.314. The van der Waals surface area contributed by atoms with Gasteiger partial charge in [-0.2, -0.15) is 0 Å². The lowest BCUT2D eigenvalue weighted by molar-refractivity contribution is -0.323. The summed E-state index contributed by atoms with van der Waals surface area (Å²) in [4.78, 5) is 0. The standard InChI is InChI=1S/C35H36Br2O6/c1-38-35-34(42-23-28-14-8-9-15-30(28)37)33(41-22-26-12-6-3-7-13-26)32(40-21-25-10-4-2-5-11-25)31(43-35)24-39-20-27-16-18-29(36)19-17-27/h2-19,31-35H,20-24H2,1H3/t31-,32-,33+,34-,35-/m1/s1. The maximum atomic E-state index is 6.66. The molecule has 1 aliphatic rings. The second-order valence-corrected chi connectivity index (χ2v) is 12.1. The molecule has 0 spiro atoms. The number of hydrogen-bond acceptors (Lipinski definition) is 6. The van der Waals surface area contributed by atoms with E-state index < -0.39 is 30.7 Å². The molecule has 0 aromatic heterocycles. The fourth-order valence-corrected chi connectivity index (χ4v) is 5.64. The Labute approximate surface area is 270 Å². The molecule has 0 radical (unpaired) electrons. The van der Waals surface area contributed by atoms with Crippen LogP contribution in [0, 0.1) is 0 Å². The number of halogens is 2.